The van der Waals surface area contributed by atoms with Crippen molar-refractivity contribution in [2.45, 2.75) is 32.9 Å². The summed E-state index contributed by atoms with van der Waals surface area (Å²) in [5.41, 5.74) is 1.13. The van der Waals surface area contributed by atoms with Crippen LogP contribution in [0.3, 0.4) is 0 Å². The zero-order valence-electron chi connectivity index (χ0n) is 14.2. The van der Waals surface area contributed by atoms with Gasteiger partial charge in [-0.1, -0.05) is 32.9 Å². The minimum Gasteiger partial charge on any atom is -0.481 e. The van der Waals surface area contributed by atoms with Crippen molar-refractivity contribution in [3.8, 4) is 0 Å². The largest absolute Gasteiger partial charge is 0.481 e. The molecule has 6 nitrogen and oxygen atoms in total. The van der Waals surface area contributed by atoms with E-state index in [-0.39, 0.29) is 30.5 Å². The molecule has 1 aromatic rings. The van der Waals surface area contributed by atoms with Crippen LogP contribution in [0.1, 0.15) is 32.8 Å². The first-order valence-electron chi connectivity index (χ1n) is 7.65. The van der Waals surface area contributed by atoms with Gasteiger partial charge in [-0.15, -0.1) is 11.8 Å². The molecule has 0 unspecified atom stereocenters. The number of anilines is 1. The van der Waals surface area contributed by atoms with Crippen molar-refractivity contribution >= 4 is 35.2 Å². The summed E-state index contributed by atoms with van der Waals surface area (Å²) in [5.74, 6) is -0.504. The van der Waals surface area contributed by atoms with Gasteiger partial charge >= 0.3 is 5.97 Å². The van der Waals surface area contributed by atoms with Crippen LogP contribution in [0, 0.1) is 5.41 Å². The molecule has 0 saturated heterocycles. The van der Waals surface area contributed by atoms with Gasteiger partial charge in [0, 0.05) is 29.8 Å². The zero-order valence-corrected chi connectivity index (χ0v) is 15.0. The number of carboxylic acid groups (broad SMARTS) is 1. The predicted molar refractivity (Wildman–Crippen MR) is 96.0 cm³/mol. The number of nitrogens with one attached hydrogen (secondary N) is 2. The Morgan fingerprint density at radius 2 is 1.92 bits per heavy atom. The third-order valence-corrected chi connectivity index (χ3v) is 4.01. The summed E-state index contributed by atoms with van der Waals surface area (Å²) in [6.45, 7) is 5.74. The Labute approximate surface area is 146 Å². The Morgan fingerprint density at radius 3 is 2.54 bits per heavy atom. The molecule has 0 aromatic heterocycles. The fourth-order valence-corrected chi connectivity index (χ4v) is 2.47. The third kappa shape index (κ3) is 8.01. The molecule has 132 valence electrons. The number of amides is 2. The Kier molecular flexibility index (Phi) is 7.78. The maximum absolute atomic E-state index is 11.9. The number of carboxylic acids is 1. The lowest BCUT2D eigenvalue weighted by Gasteiger charge is -2.17. The molecular weight excluding hydrogens is 328 g/mol. The Morgan fingerprint density at radius 1 is 1.21 bits per heavy atom. The van der Waals surface area contributed by atoms with E-state index in [2.05, 4.69) is 10.6 Å². The maximum Gasteiger partial charge on any atom is 0.313 e. The molecule has 0 radical (unpaired) electrons. The van der Waals surface area contributed by atoms with Gasteiger partial charge in [-0.2, -0.15) is 0 Å². The van der Waals surface area contributed by atoms with Crippen molar-refractivity contribution in [2.24, 2.45) is 5.41 Å². The quantitative estimate of drug-likeness (QED) is 0.668. The van der Waals surface area contributed by atoms with Gasteiger partial charge in [0.05, 0.1) is 5.75 Å². The van der Waals surface area contributed by atoms with Crippen molar-refractivity contribution in [3.05, 3.63) is 29.8 Å². The third-order valence-electron chi connectivity index (χ3n) is 3.02. The van der Waals surface area contributed by atoms with Gasteiger partial charge in [0.25, 0.3) is 0 Å². The second-order valence-corrected chi connectivity index (χ2v) is 7.38. The van der Waals surface area contributed by atoms with Crippen molar-refractivity contribution in [2.75, 3.05) is 17.6 Å². The molecule has 2 amide bonds. The first-order chi connectivity index (χ1) is 11.2. The summed E-state index contributed by atoms with van der Waals surface area (Å²) in [6, 6.07) is 7.29. The Hall–Kier alpha value is -2.02. The van der Waals surface area contributed by atoms with E-state index in [9.17, 15) is 14.4 Å². The van der Waals surface area contributed by atoms with Gasteiger partial charge in [0.15, 0.2) is 0 Å². The average molecular weight is 352 g/mol. The van der Waals surface area contributed by atoms with Crippen LogP contribution in [0.5, 0.6) is 0 Å². The lowest BCUT2D eigenvalue weighted by atomic mass is 9.96. The fourth-order valence-electron chi connectivity index (χ4n) is 1.77. The number of carbonyl (C=O) groups is 3. The van der Waals surface area contributed by atoms with E-state index in [1.807, 2.05) is 39.0 Å². The number of carbonyl (C=O) groups excluding carboxylic acids is 2. The van der Waals surface area contributed by atoms with Gasteiger partial charge in [-0.05, 0) is 17.7 Å². The second-order valence-electron chi connectivity index (χ2n) is 6.39. The highest BCUT2D eigenvalue weighted by atomic mass is 32.2. The fraction of sp³-hybridized carbons (Fsp3) is 0.471. The van der Waals surface area contributed by atoms with Crippen LogP contribution < -0.4 is 10.6 Å². The number of aliphatic carboxylic acids is 1. The van der Waals surface area contributed by atoms with Gasteiger partial charge in [-0.25, -0.2) is 0 Å². The summed E-state index contributed by atoms with van der Waals surface area (Å²) in [5, 5.41) is 14.1. The van der Waals surface area contributed by atoms with Gasteiger partial charge in [-0.3, -0.25) is 14.4 Å². The summed E-state index contributed by atoms with van der Waals surface area (Å²) in [4.78, 5) is 34.1. The molecule has 24 heavy (non-hydrogen) atoms. The van der Waals surface area contributed by atoms with Crippen molar-refractivity contribution < 1.29 is 19.5 Å². The number of hydrogen-bond donors (Lipinski definition) is 3. The monoisotopic (exact) mass is 352 g/mol. The first-order valence-corrected chi connectivity index (χ1v) is 8.80. The summed E-state index contributed by atoms with van der Waals surface area (Å²) < 4.78 is 0. The predicted octanol–water partition coefficient (Wildman–Crippen LogP) is 2.50. The van der Waals surface area contributed by atoms with Crippen LogP contribution >= 0.6 is 11.8 Å². The molecule has 3 N–H and O–H groups in total. The molecule has 0 aliphatic carbocycles. The van der Waals surface area contributed by atoms with Crippen LogP contribution in [-0.2, 0) is 20.1 Å². The smallest absolute Gasteiger partial charge is 0.313 e. The number of hydrogen-bond acceptors (Lipinski definition) is 4. The lowest BCUT2D eigenvalue weighted by Crippen LogP contribution is -2.36. The molecule has 0 aliphatic heterocycles. The minimum absolute atomic E-state index is 0.0457. The Balaban J connectivity index is 2.41. The average Bonchev–Trinajstić information content (AvgIpc) is 2.46. The molecule has 0 saturated carbocycles. The van der Waals surface area contributed by atoms with E-state index in [1.165, 1.54) is 11.8 Å². The maximum atomic E-state index is 11.9. The van der Waals surface area contributed by atoms with E-state index in [0.29, 0.717) is 11.4 Å². The molecule has 1 rings (SSSR count). The van der Waals surface area contributed by atoms with Crippen LogP contribution in [0.25, 0.3) is 0 Å². The summed E-state index contributed by atoms with van der Waals surface area (Å²) in [7, 11) is 0. The van der Waals surface area contributed by atoms with Crippen molar-refractivity contribution in [1.82, 2.24) is 5.32 Å². The van der Waals surface area contributed by atoms with Crippen LogP contribution in [-0.4, -0.2) is 35.2 Å². The summed E-state index contributed by atoms with van der Waals surface area (Å²) in [6.07, 6.45) is 0.194. The van der Waals surface area contributed by atoms with Gasteiger partial charge in [0.1, 0.15) is 0 Å². The van der Waals surface area contributed by atoms with Crippen LogP contribution in [0.4, 0.5) is 5.69 Å². The van der Waals surface area contributed by atoms with Gasteiger partial charge < -0.3 is 15.7 Å². The molecule has 0 aliphatic rings. The van der Waals surface area contributed by atoms with E-state index in [0.717, 1.165) is 5.56 Å². The topological polar surface area (TPSA) is 95.5 Å². The minimum atomic E-state index is -0.846. The molecule has 0 bridgehead atoms. The van der Waals surface area contributed by atoms with Gasteiger partial charge in [0.2, 0.25) is 11.8 Å². The number of thioether (sulfide) groups is 1. The van der Waals surface area contributed by atoms with E-state index < -0.39 is 11.4 Å². The highest BCUT2D eigenvalue weighted by molar-refractivity contribution is 7.99. The first kappa shape index (κ1) is 20.0. The van der Waals surface area contributed by atoms with Crippen molar-refractivity contribution in [1.29, 1.82) is 0 Å². The second kappa shape index (κ2) is 9.32. The molecule has 7 heteroatoms. The standard InChI is InChI=1S/C17H24N2O4S/c1-17(2,3)16(23)18-8-7-14(20)19-13-6-4-5-12(9-13)10-24-11-15(21)22/h4-6,9H,7-8,10-11H2,1-3H3,(H,18,23)(H,19,20)(H,21,22). The highest BCUT2D eigenvalue weighted by Crippen LogP contribution is 2.17. The SMILES string of the molecule is CC(C)(C)C(=O)NCCC(=O)Nc1cccc(CSCC(=O)O)c1. The Bertz CT molecular complexity index is 596. The van der Waals surface area contributed by atoms with E-state index >= 15 is 0 Å². The summed E-state index contributed by atoms with van der Waals surface area (Å²) >= 11 is 1.30. The molecule has 0 atom stereocenters. The van der Waals surface area contributed by atoms with E-state index in [1.54, 1.807) is 6.07 Å². The number of benzene rings is 1. The lowest BCUT2D eigenvalue weighted by molar-refractivity contribution is -0.134. The molecule has 0 heterocycles. The van der Waals surface area contributed by atoms with Crippen LogP contribution in [0.2, 0.25) is 0 Å². The normalized spacial score (nSPS) is 11.0. The van der Waals surface area contributed by atoms with Crippen LogP contribution in [0.15, 0.2) is 24.3 Å². The molecular formula is C17H24N2O4S. The molecule has 0 spiro atoms. The molecule has 0 fully saturated rings. The zero-order chi connectivity index (χ0) is 18.2. The highest BCUT2D eigenvalue weighted by Gasteiger charge is 2.20. The number of rotatable bonds is 8. The van der Waals surface area contributed by atoms with E-state index in [4.69, 9.17) is 5.11 Å². The molecule has 1 aromatic carbocycles. The van der Waals surface area contributed by atoms with Crippen molar-refractivity contribution in [3.63, 3.8) is 0 Å².